The molecule has 92 valence electrons. The monoisotopic (exact) mass is 237 g/mol. The lowest BCUT2D eigenvalue weighted by molar-refractivity contribution is -0.140. The first-order valence-corrected chi connectivity index (χ1v) is 5.16. The summed E-state index contributed by atoms with van der Waals surface area (Å²) in [7, 11) is 1.40. The quantitative estimate of drug-likeness (QED) is 0.833. The molecule has 1 aromatic rings. The van der Waals surface area contributed by atoms with Crippen LogP contribution < -0.4 is 4.90 Å². The van der Waals surface area contributed by atoms with Gasteiger partial charge in [-0.2, -0.15) is 0 Å². The number of nitrogens with zero attached hydrogens (tertiary/aromatic N) is 1. The van der Waals surface area contributed by atoms with Crippen molar-refractivity contribution in [3.05, 3.63) is 30.3 Å². The van der Waals surface area contributed by atoms with Crippen molar-refractivity contribution in [2.45, 2.75) is 13.0 Å². The van der Waals surface area contributed by atoms with E-state index in [0.717, 1.165) is 0 Å². The van der Waals surface area contributed by atoms with Gasteiger partial charge in [0.05, 0.1) is 0 Å². The van der Waals surface area contributed by atoms with Gasteiger partial charge in [-0.25, -0.2) is 4.79 Å². The Morgan fingerprint density at radius 2 is 1.94 bits per heavy atom. The average Bonchev–Trinajstić information content (AvgIpc) is 2.31. The Kier molecular flexibility index (Phi) is 4.66. The number of rotatable bonds is 5. The van der Waals surface area contributed by atoms with Gasteiger partial charge in [0.25, 0.3) is 5.91 Å². The number of carboxylic acids is 1. The Morgan fingerprint density at radius 3 is 2.41 bits per heavy atom. The van der Waals surface area contributed by atoms with Crippen LogP contribution in [0.15, 0.2) is 30.3 Å². The molecular formula is C12H15NO4. The van der Waals surface area contributed by atoms with Gasteiger partial charge in [0.15, 0.2) is 0 Å². The molecule has 0 heterocycles. The van der Waals surface area contributed by atoms with Gasteiger partial charge in [0.1, 0.15) is 12.6 Å². The Hall–Kier alpha value is -1.88. The van der Waals surface area contributed by atoms with Crippen LogP contribution in [0.25, 0.3) is 0 Å². The highest BCUT2D eigenvalue weighted by molar-refractivity contribution is 5.99. The molecule has 0 saturated heterocycles. The molecule has 5 heteroatoms. The molecule has 0 bridgehead atoms. The van der Waals surface area contributed by atoms with Gasteiger partial charge in [-0.1, -0.05) is 18.2 Å². The number of carbonyl (C=O) groups is 2. The summed E-state index contributed by atoms with van der Waals surface area (Å²) in [5, 5.41) is 9.00. The van der Waals surface area contributed by atoms with E-state index in [2.05, 4.69) is 0 Å². The van der Waals surface area contributed by atoms with E-state index in [-0.39, 0.29) is 12.5 Å². The summed E-state index contributed by atoms with van der Waals surface area (Å²) in [5.74, 6) is -1.44. The zero-order valence-corrected chi connectivity index (χ0v) is 9.79. The van der Waals surface area contributed by atoms with Crippen molar-refractivity contribution in [1.29, 1.82) is 0 Å². The molecular weight excluding hydrogens is 222 g/mol. The lowest BCUT2D eigenvalue weighted by Gasteiger charge is -2.26. The first kappa shape index (κ1) is 13.2. The van der Waals surface area contributed by atoms with Crippen LogP contribution in [-0.2, 0) is 14.3 Å². The van der Waals surface area contributed by atoms with Crippen LogP contribution in [0.2, 0.25) is 0 Å². The molecule has 0 spiro atoms. The lowest BCUT2D eigenvalue weighted by Crippen LogP contribution is -2.45. The maximum Gasteiger partial charge on any atom is 0.326 e. The second kappa shape index (κ2) is 6.00. The Morgan fingerprint density at radius 1 is 1.35 bits per heavy atom. The van der Waals surface area contributed by atoms with E-state index in [9.17, 15) is 9.59 Å². The van der Waals surface area contributed by atoms with Crippen molar-refractivity contribution < 1.29 is 19.4 Å². The van der Waals surface area contributed by atoms with E-state index in [0.29, 0.717) is 5.69 Å². The normalized spacial score (nSPS) is 11.9. The SMILES string of the molecule is COCC(=O)N(c1ccccc1)[C@@H](C)C(=O)O. The standard InChI is InChI=1S/C12H15NO4/c1-9(12(15)16)13(11(14)8-17-2)10-6-4-3-5-7-10/h3-7,9H,8H2,1-2H3,(H,15,16)/t9-/m0/s1. The molecule has 1 N–H and O–H groups in total. The van der Waals surface area contributed by atoms with Crippen LogP contribution in [0.3, 0.4) is 0 Å². The molecule has 0 aliphatic rings. The van der Waals surface area contributed by atoms with Gasteiger partial charge in [0.2, 0.25) is 0 Å². The molecule has 5 nitrogen and oxygen atoms in total. The second-order valence-electron chi connectivity index (χ2n) is 3.55. The zero-order valence-electron chi connectivity index (χ0n) is 9.79. The number of benzene rings is 1. The highest BCUT2D eigenvalue weighted by atomic mass is 16.5. The molecule has 0 unspecified atom stereocenters. The van der Waals surface area contributed by atoms with Crippen LogP contribution in [-0.4, -0.2) is 36.7 Å². The summed E-state index contributed by atoms with van der Waals surface area (Å²) >= 11 is 0. The summed E-state index contributed by atoms with van der Waals surface area (Å²) in [6, 6.07) is 7.74. The third-order valence-corrected chi connectivity index (χ3v) is 2.32. The average molecular weight is 237 g/mol. The van der Waals surface area contributed by atoms with Crippen LogP contribution in [0.5, 0.6) is 0 Å². The number of ether oxygens (including phenoxy) is 1. The van der Waals surface area contributed by atoms with Crippen molar-refractivity contribution >= 4 is 17.6 Å². The number of anilines is 1. The number of aliphatic carboxylic acids is 1. The summed E-state index contributed by atoms with van der Waals surface area (Å²) in [5.41, 5.74) is 0.546. The fourth-order valence-corrected chi connectivity index (χ4v) is 1.48. The van der Waals surface area contributed by atoms with E-state index >= 15 is 0 Å². The van der Waals surface area contributed by atoms with Crippen LogP contribution in [0, 0.1) is 0 Å². The van der Waals surface area contributed by atoms with Crippen molar-refractivity contribution in [3.63, 3.8) is 0 Å². The van der Waals surface area contributed by atoms with Crippen molar-refractivity contribution in [1.82, 2.24) is 0 Å². The molecule has 0 aliphatic heterocycles. The van der Waals surface area contributed by atoms with Gasteiger partial charge in [0, 0.05) is 12.8 Å². The van der Waals surface area contributed by atoms with Crippen molar-refractivity contribution in [2.24, 2.45) is 0 Å². The first-order chi connectivity index (χ1) is 8.07. The Labute approximate surface area is 99.6 Å². The second-order valence-corrected chi connectivity index (χ2v) is 3.55. The lowest BCUT2D eigenvalue weighted by atomic mass is 10.2. The first-order valence-electron chi connectivity index (χ1n) is 5.16. The summed E-state index contributed by atoms with van der Waals surface area (Å²) in [6.45, 7) is 1.31. The molecule has 1 amide bonds. The summed E-state index contributed by atoms with van der Waals surface area (Å²) in [4.78, 5) is 24.0. The number of carboxylic acid groups (broad SMARTS) is 1. The molecule has 1 atom stereocenters. The van der Waals surface area contributed by atoms with Gasteiger partial charge in [-0.05, 0) is 19.1 Å². The van der Waals surface area contributed by atoms with E-state index in [1.165, 1.54) is 18.9 Å². The number of methoxy groups -OCH3 is 1. The van der Waals surface area contributed by atoms with Crippen LogP contribution >= 0.6 is 0 Å². The van der Waals surface area contributed by atoms with E-state index in [1.807, 2.05) is 0 Å². The van der Waals surface area contributed by atoms with Crippen molar-refractivity contribution in [2.75, 3.05) is 18.6 Å². The fourth-order valence-electron chi connectivity index (χ4n) is 1.48. The molecule has 0 fully saturated rings. The van der Waals surface area contributed by atoms with Crippen molar-refractivity contribution in [3.8, 4) is 0 Å². The van der Waals surface area contributed by atoms with Crippen LogP contribution in [0.1, 0.15) is 6.92 Å². The van der Waals surface area contributed by atoms with Gasteiger partial charge in [-0.15, -0.1) is 0 Å². The number of amides is 1. The summed E-state index contributed by atoms with van der Waals surface area (Å²) in [6.07, 6.45) is 0. The number of hydrogen-bond acceptors (Lipinski definition) is 3. The molecule has 0 aromatic heterocycles. The minimum atomic E-state index is -1.06. The van der Waals surface area contributed by atoms with Crippen LogP contribution in [0.4, 0.5) is 5.69 Å². The van der Waals surface area contributed by atoms with E-state index < -0.39 is 12.0 Å². The fraction of sp³-hybridized carbons (Fsp3) is 0.333. The van der Waals surface area contributed by atoms with Gasteiger partial charge < -0.3 is 9.84 Å². The Balaban J connectivity index is 3.02. The highest BCUT2D eigenvalue weighted by Crippen LogP contribution is 2.17. The number of para-hydroxylation sites is 1. The molecule has 0 aliphatic carbocycles. The zero-order chi connectivity index (χ0) is 12.8. The summed E-state index contributed by atoms with van der Waals surface area (Å²) < 4.78 is 4.75. The minimum absolute atomic E-state index is 0.146. The third-order valence-electron chi connectivity index (χ3n) is 2.32. The van der Waals surface area contributed by atoms with Gasteiger partial charge >= 0.3 is 5.97 Å². The number of carbonyl (C=O) groups excluding carboxylic acids is 1. The van der Waals surface area contributed by atoms with Gasteiger partial charge in [-0.3, -0.25) is 9.69 Å². The molecule has 0 radical (unpaired) electrons. The highest BCUT2D eigenvalue weighted by Gasteiger charge is 2.26. The Bertz CT molecular complexity index is 391. The minimum Gasteiger partial charge on any atom is -0.480 e. The molecule has 1 rings (SSSR count). The van der Waals surface area contributed by atoms with E-state index in [1.54, 1.807) is 30.3 Å². The topological polar surface area (TPSA) is 66.8 Å². The molecule has 1 aromatic carbocycles. The predicted molar refractivity (Wildman–Crippen MR) is 62.9 cm³/mol. The predicted octanol–water partition coefficient (Wildman–Crippen LogP) is 1.14. The molecule has 17 heavy (non-hydrogen) atoms. The molecule has 0 saturated carbocycles. The maximum atomic E-state index is 11.8. The smallest absolute Gasteiger partial charge is 0.326 e. The largest absolute Gasteiger partial charge is 0.480 e. The maximum absolute atomic E-state index is 11.8. The number of hydrogen-bond donors (Lipinski definition) is 1. The third kappa shape index (κ3) is 3.29. The van der Waals surface area contributed by atoms with E-state index in [4.69, 9.17) is 9.84 Å².